The van der Waals surface area contributed by atoms with Crippen LogP contribution < -0.4 is 0 Å². The number of hydrogen-bond acceptors (Lipinski definition) is 1. The summed E-state index contributed by atoms with van der Waals surface area (Å²) in [7, 11) is 0. The molecule has 0 saturated heterocycles. The number of carbonyl (C=O) groups excluding carboxylic acids is 1. The minimum absolute atomic E-state index is 0.401. The van der Waals surface area contributed by atoms with Crippen molar-refractivity contribution in [3.05, 3.63) is 11.6 Å². The van der Waals surface area contributed by atoms with Gasteiger partial charge in [0.15, 0.2) is 5.78 Å². The Balaban J connectivity index is 2.61. The fourth-order valence-corrected chi connectivity index (χ4v) is 1.89. The van der Waals surface area contributed by atoms with Gasteiger partial charge in [0.05, 0.1) is 0 Å². The lowest BCUT2D eigenvalue weighted by atomic mass is 9.89. The molecule has 1 heteroatoms. The number of rotatable bonds is 3. The van der Waals surface area contributed by atoms with E-state index in [0.29, 0.717) is 11.7 Å². The monoisotopic (exact) mass is 180 g/mol. The third kappa shape index (κ3) is 2.98. The van der Waals surface area contributed by atoms with Gasteiger partial charge in [-0.05, 0) is 43.6 Å². The van der Waals surface area contributed by atoms with E-state index in [1.165, 1.54) is 6.42 Å². The molecule has 0 N–H and O–H groups in total. The molecule has 0 aromatic carbocycles. The van der Waals surface area contributed by atoms with Crippen LogP contribution >= 0.6 is 0 Å². The zero-order valence-corrected chi connectivity index (χ0v) is 8.81. The van der Waals surface area contributed by atoms with Gasteiger partial charge in [-0.3, -0.25) is 4.79 Å². The van der Waals surface area contributed by atoms with E-state index in [9.17, 15) is 4.79 Å². The Morgan fingerprint density at radius 2 is 1.85 bits per heavy atom. The largest absolute Gasteiger partial charge is 0.295 e. The van der Waals surface area contributed by atoms with Gasteiger partial charge in [0.1, 0.15) is 0 Å². The van der Waals surface area contributed by atoms with Crippen LogP contribution in [0.1, 0.15) is 52.4 Å². The van der Waals surface area contributed by atoms with Gasteiger partial charge in [0.2, 0.25) is 0 Å². The zero-order chi connectivity index (χ0) is 9.68. The molecule has 1 aliphatic carbocycles. The predicted octanol–water partition coefficient (Wildman–Crippen LogP) is 3.49. The van der Waals surface area contributed by atoms with Crippen LogP contribution in [0, 0.1) is 5.92 Å². The molecule has 1 nitrogen and oxygen atoms in total. The molecule has 0 spiro atoms. The Bertz CT molecular complexity index is 199. The minimum atomic E-state index is 0.401. The van der Waals surface area contributed by atoms with Crippen molar-refractivity contribution in [2.45, 2.75) is 52.4 Å². The van der Waals surface area contributed by atoms with Crippen LogP contribution in [0.3, 0.4) is 0 Å². The van der Waals surface area contributed by atoms with Crippen molar-refractivity contribution in [3.8, 4) is 0 Å². The highest BCUT2D eigenvalue weighted by Gasteiger charge is 2.15. The van der Waals surface area contributed by atoms with E-state index < -0.39 is 0 Å². The number of ketones is 1. The molecule has 13 heavy (non-hydrogen) atoms. The summed E-state index contributed by atoms with van der Waals surface area (Å²) >= 11 is 0. The molecular formula is C12H20O. The van der Waals surface area contributed by atoms with Crippen molar-refractivity contribution in [2.75, 3.05) is 0 Å². The van der Waals surface area contributed by atoms with E-state index in [2.05, 4.69) is 19.9 Å². The van der Waals surface area contributed by atoms with E-state index in [4.69, 9.17) is 0 Å². The van der Waals surface area contributed by atoms with Gasteiger partial charge < -0.3 is 0 Å². The van der Waals surface area contributed by atoms with Gasteiger partial charge in [-0.15, -0.1) is 0 Å². The van der Waals surface area contributed by atoms with Crippen LogP contribution in [0.5, 0.6) is 0 Å². The minimum Gasteiger partial charge on any atom is -0.295 e. The summed E-state index contributed by atoms with van der Waals surface area (Å²) in [6, 6.07) is 0. The first-order chi connectivity index (χ1) is 6.27. The van der Waals surface area contributed by atoms with Crippen molar-refractivity contribution in [1.82, 2.24) is 0 Å². The summed E-state index contributed by atoms with van der Waals surface area (Å²) in [6.45, 7) is 4.39. The second kappa shape index (κ2) is 5.21. The highest BCUT2D eigenvalue weighted by atomic mass is 16.1. The number of allylic oxidation sites excluding steroid dienone is 2. The van der Waals surface area contributed by atoms with Gasteiger partial charge in [0.25, 0.3) is 0 Å². The molecule has 0 aromatic rings. The number of Topliss-reactive ketones (excluding diaryl/α,β-unsaturated/α-hetero) is 1. The van der Waals surface area contributed by atoms with Crippen molar-refractivity contribution in [2.24, 2.45) is 5.92 Å². The maximum Gasteiger partial charge on any atom is 0.158 e. The molecule has 0 heterocycles. The van der Waals surface area contributed by atoms with Gasteiger partial charge in [0, 0.05) is 6.42 Å². The van der Waals surface area contributed by atoms with Crippen LogP contribution in [0.2, 0.25) is 0 Å². The first-order valence-corrected chi connectivity index (χ1v) is 5.51. The molecule has 0 unspecified atom stereocenters. The fraction of sp³-hybridized carbons (Fsp3) is 0.750. The highest BCUT2D eigenvalue weighted by Crippen LogP contribution is 2.23. The van der Waals surface area contributed by atoms with Crippen molar-refractivity contribution < 1.29 is 4.79 Å². The van der Waals surface area contributed by atoms with E-state index in [-0.39, 0.29) is 0 Å². The van der Waals surface area contributed by atoms with Crippen LogP contribution in [0.4, 0.5) is 0 Å². The molecule has 0 aliphatic heterocycles. The molecule has 0 amide bonds. The average Bonchev–Trinajstić information content (AvgIpc) is 2.17. The maximum absolute atomic E-state index is 11.5. The molecule has 74 valence electrons. The van der Waals surface area contributed by atoms with Crippen LogP contribution in [-0.4, -0.2) is 5.78 Å². The van der Waals surface area contributed by atoms with Gasteiger partial charge >= 0.3 is 0 Å². The second-order valence-electron chi connectivity index (χ2n) is 3.90. The molecule has 1 fully saturated rings. The Labute approximate surface area is 81.2 Å². The summed E-state index contributed by atoms with van der Waals surface area (Å²) in [5.41, 5.74) is 1.11. The standard InChI is InChI=1S/C12H20O/c1-3-10(4-2)9-11-7-5-6-8-12(11)13/h9-10H,3-8H2,1-2H3/b11-9-. The lowest BCUT2D eigenvalue weighted by Gasteiger charge is -2.15. The van der Waals surface area contributed by atoms with Crippen molar-refractivity contribution in [3.63, 3.8) is 0 Å². The third-order valence-electron chi connectivity index (χ3n) is 2.94. The summed E-state index contributed by atoms with van der Waals surface area (Å²) in [4.78, 5) is 11.5. The quantitative estimate of drug-likeness (QED) is 0.607. The maximum atomic E-state index is 11.5. The zero-order valence-electron chi connectivity index (χ0n) is 8.81. The van der Waals surface area contributed by atoms with Gasteiger partial charge in [-0.1, -0.05) is 19.9 Å². The van der Waals surface area contributed by atoms with Gasteiger partial charge in [-0.2, -0.15) is 0 Å². The first kappa shape index (κ1) is 10.5. The van der Waals surface area contributed by atoms with Crippen molar-refractivity contribution in [1.29, 1.82) is 0 Å². The summed E-state index contributed by atoms with van der Waals surface area (Å²) in [6.07, 6.45) is 8.65. The second-order valence-corrected chi connectivity index (χ2v) is 3.90. The predicted molar refractivity (Wildman–Crippen MR) is 55.6 cm³/mol. The third-order valence-corrected chi connectivity index (χ3v) is 2.94. The molecule has 1 saturated carbocycles. The Kier molecular flexibility index (Phi) is 4.20. The Hall–Kier alpha value is -0.590. The lowest BCUT2D eigenvalue weighted by molar-refractivity contribution is -0.116. The highest BCUT2D eigenvalue weighted by molar-refractivity contribution is 5.95. The van der Waals surface area contributed by atoms with E-state index >= 15 is 0 Å². The average molecular weight is 180 g/mol. The van der Waals surface area contributed by atoms with E-state index in [1.54, 1.807) is 0 Å². The van der Waals surface area contributed by atoms with Crippen LogP contribution in [-0.2, 0) is 4.79 Å². The Morgan fingerprint density at radius 1 is 1.23 bits per heavy atom. The number of carbonyl (C=O) groups is 1. The molecule has 0 aromatic heterocycles. The van der Waals surface area contributed by atoms with Crippen LogP contribution in [0.15, 0.2) is 11.6 Å². The summed E-state index contributed by atoms with van der Waals surface area (Å²) < 4.78 is 0. The molecule has 0 radical (unpaired) electrons. The molecule has 1 aliphatic rings. The number of hydrogen-bond donors (Lipinski definition) is 0. The normalized spacial score (nSPS) is 21.5. The first-order valence-electron chi connectivity index (χ1n) is 5.51. The fourth-order valence-electron chi connectivity index (χ4n) is 1.89. The van der Waals surface area contributed by atoms with E-state index in [0.717, 1.165) is 37.7 Å². The smallest absolute Gasteiger partial charge is 0.158 e. The van der Waals surface area contributed by atoms with Crippen molar-refractivity contribution >= 4 is 5.78 Å². The lowest BCUT2D eigenvalue weighted by Crippen LogP contribution is -2.10. The topological polar surface area (TPSA) is 17.1 Å². The SMILES string of the molecule is CCC(/C=C1/CCCCC1=O)CC. The van der Waals surface area contributed by atoms with E-state index in [1.807, 2.05) is 0 Å². The summed E-state index contributed by atoms with van der Waals surface area (Å²) in [5, 5.41) is 0. The van der Waals surface area contributed by atoms with Gasteiger partial charge in [-0.25, -0.2) is 0 Å². The molecule has 0 atom stereocenters. The molecular weight excluding hydrogens is 160 g/mol. The van der Waals surface area contributed by atoms with Crippen LogP contribution in [0.25, 0.3) is 0 Å². The molecule has 1 rings (SSSR count). The molecule has 0 bridgehead atoms. The Morgan fingerprint density at radius 3 is 2.38 bits per heavy atom. The summed E-state index contributed by atoms with van der Waals surface area (Å²) in [5.74, 6) is 1.02.